The molecule has 0 bridgehead atoms. The van der Waals surface area contributed by atoms with Crippen LogP contribution in [0.15, 0.2) is 55.0 Å². The third kappa shape index (κ3) is 3.81. The fourth-order valence-corrected chi connectivity index (χ4v) is 3.92. The SMILES string of the molecule is Cc1cnc(-c2cccnc2)n1C1CCN(C(=O)Cc2cccc(F)c2)CC1. The largest absolute Gasteiger partial charge is 0.342 e. The third-order valence-electron chi connectivity index (χ3n) is 5.33. The average molecular weight is 378 g/mol. The van der Waals surface area contributed by atoms with Gasteiger partial charge >= 0.3 is 0 Å². The van der Waals surface area contributed by atoms with Crippen LogP contribution in [-0.4, -0.2) is 38.4 Å². The maximum absolute atomic E-state index is 13.3. The van der Waals surface area contributed by atoms with Crippen LogP contribution < -0.4 is 0 Å². The predicted molar refractivity (Wildman–Crippen MR) is 105 cm³/mol. The smallest absolute Gasteiger partial charge is 0.226 e. The first-order chi connectivity index (χ1) is 13.6. The molecule has 0 aliphatic carbocycles. The molecule has 6 heteroatoms. The number of imidazole rings is 1. The van der Waals surface area contributed by atoms with E-state index in [1.807, 2.05) is 29.4 Å². The Morgan fingerprint density at radius 2 is 2.00 bits per heavy atom. The van der Waals surface area contributed by atoms with Crippen molar-refractivity contribution in [1.29, 1.82) is 0 Å². The lowest BCUT2D eigenvalue weighted by Crippen LogP contribution is -2.40. The maximum atomic E-state index is 13.3. The highest BCUT2D eigenvalue weighted by atomic mass is 19.1. The summed E-state index contributed by atoms with van der Waals surface area (Å²) in [6.45, 7) is 3.46. The molecule has 5 nitrogen and oxygen atoms in total. The average Bonchev–Trinajstić information content (AvgIpc) is 3.10. The zero-order valence-corrected chi connectivity index (χ0v) is 15.9. The Morgan fingerprint density at radius 3 is 2.71 bits per heavy atom. The van der Waals surface area contributed by atoms with Crippen molar-refractivity contribution in [3.8, 4) is 11.4 Å². The summed E-state index contributed by atoms with van der Waals surface area (Å²) >= 11 is 0. The quantitative estimate of drug-likeness (QED) is 0.694. The minimum Gasteiger partial charge on any atom is -0.342 e. The molecule has 0 saturated carbocycles. The van der Waals surface area contributed by atoms with Gasteiger partial charge in [-0.2, -0.15) is 0 Å². The summed E-state index contributed by atoms with van der Waals surface area (Å²) < 4.78 is 15.6. The number of halogens is 1. The number of hydrogen-bond acceptors (Lipinski definition) is 3. The first kappa shape index (κ1) is 18.3. The fraction of sp³-hybridized carbons (Fsp3) is 0.318. The number of piperidine rings is 1. The van der Waals surface area contributed by atoms with Crippen molar-refractivity contribution < 1.29 is 9.18 Å². The second-order valence-corrected chi connectivity index (χ2v) is 7.25. The molecular formula is C22H23FN4O. The summed E-state index contributed by atoms with van der Waals surface area (Å²) in [6, 6.07) is 10.5. The number of carbonyl (C=O) groups excluding carboxylic acids is 1. The minimum atomic E-state index is -0.303. The first-order valence-corrected chi connectivity index (χ1v) is 9.58. The van der Waals surface area contributed by atoms with Crippen molar-refractivity contribution in [2.75, 3.05) is 13.1 Å². The molecule has 1 saturated heterocycles. The summed E-state index contributed by atoms with van der Waals surface area (Å²) in [5.41, 5.74) is 2.83. The molecule has 0 unspecified atom stereocenters. The van der Waals surface area contributed by atoms with Crippen molar-refractivity contribution in [3.05, 3.63) is 72.1 Å². The van der Waals surface area contributed by atoms with Gasteiger partial charge in [0.1, 0.15) is 11.6 Å². The Hall–Kier alpha value is -3.02. The number of amides is 1. The van der Waals surface area contributed by atoms with Gasteiger partial charge in [-0.05, 0) is 49.6 Å². The van der Waals surface area contributed by atoms with E-state index in [1.165, 1.54) is 12.1 Å². The lowest BCUT2D eigenvalue weighted by molar-refractivity contribution is -0.131. The molecule has 0 spiro atoms. The van der Waals surface area contributed by atoms with Crippen LogP contribution >= 0.6 is 0 Å². The number of aryl methyl sites for hydroxylation is 1. The van der Waals surface area contributed by atoms with E-state index in [0.29, 0.717) is 19.1 Å². The van der Waals surface area contributed by atoms with Crippen molar-refractivity contribution in [2.45, 2.75) is 32.2 Å². The van der Waals surface area contributed by atoms with Gasteiger partial charge in [0.25, 0.3) is 0 Å². The Bertz CT molecular complexity index is 962. The van der Waals surface area contributed by atoms with Gasteiger partial charge < -0.3 is 9.47 Å². The van der Waals surface area contributed by atoms with Crippen molar-refractivity contribution in [2.24, 2.45) is 0 Å². The first-order valence-electron chi connectivity index (χ1n) is 9.58. The molecule has 1 fully saturated rings. The van der Waals surface area contributed by atoms with Gasteiger partial charge in [0, 0.05) is 49.0 Å². The van der Waals surface area contributed by atoms with E-state index in [1.54, 1.807) is 18.3 Å². The molecule has 0 atom stereocenters. The van der Waals surface area contributed by atoms with Crippen LogP contribution in [0.25, 0.3) is 11.4 Å². The second-order valence-electron chi connectivity index (χ2n) is 7.25. The molecule has 1 aliphatic heterocycles. The van der Waals surface area contributed by atoms with Crippen molar-refractivity contribution in [3.63, 3.8) is 0 Å². The molecule has 28 heavy (non-hydrogen) atoms. The summed E-state index contributed by atoms with van der Waals surface area (Å²) in [4.78, 5) is 23.3. The number of aromatic nitrogens is 3. The van der Waals surface area contributed by atoms with Gasteiger partial charge in [0.05, 0.1) is 6.42 Å². The van der Waals surface area contributed by atoms with E-state index in [0.717, 1.165) is 35.5 Å². The minimum absolute atomic E-state index is 0.0545. The van der Waals surface area contributed by atoms with Crippen LogP contribution in [-0.2, 0) is 11.2 Å². The van der Waals surface area contributed by atoms with Gasteiger partial charge in [-0.15, -0.1) is 0 Å². The standard InChI is InChI=1S/C22H23FN4O/c1-16-14-25-22(18-5-3-9-24-15-18)27(16)20-7-10-26(11-8-20)21(28)13-17-4-2-6-19(23)12-17/h2-6,9,12,14-15,20H,7-8,10-11,13H2,1H3. The topological polar surface area (TPSA) is 51.0 Å². The molecule has 2 aromatic heterocycles. The van der Waals surface area contributed by atoms with Gasteiger partial charge in [-0.25, -0.2) is 9.37 Å². The van der Waals surface area contributed by atoms with Crippen LogP contribution in [0.1, 0.15) is 30.1 Å². The van der Waals surface area contributed by atoms with Crippen LogP contribution in [0.5, 0.6) is 0 Å². The summed E-state index contributed by atoms with van der Waals surface area (Å²) in [7, 11) is 0. The zero-order valence-electron chi connectivity index (χ0n) is 15.9. The second kappa shape index (κ2) is 7.92. The molecule has 0 N–H and O–H groups in total. The van der Waals surface area contributed by atoms with E-state index in [9.17, 15) is 9.18 Å². The van der Waals surface area contributed by atoms with Crippen molar-refractivity contribution >= 4 is 5.91 Å². The fourth-order valence-electron chi connectivity index (χ4n) is 3.92. The maximum Gasteiger partial charge on any atom is 0.226 e. The van der Waals surface area contributed by atoms with Gasteiger partial charge in [0.2, 0.25) is 5.91 Å². The highest BCUT2D eigenvalue weighted by Gasteiger charge is 2.26. The van der Waals surface area contributed by atoms with E-state index >= 15 is 0 Å². The van der Waals surface area contributed by atoms with Gasteiger partial charge in [-0.1, -0.05) is 12.1 Å². The van der Waals surface area contributed by atoms with Crippen LogP contribution in [0.4, 0.5) is 4.39 Å². The number of benzene rings is 1. The molecule has 0 radical (unpaired) electrons. The molecule has 1 aromatic carbocycles. The van der Waals surface area contributed by atoms with E-state index in [4.69, 9.17) is 0 Å². The Labute approximate surface area is 163 Å². The highest BCUT2D eigenvalue weighted by Crippen LogP contribution is 2.30. The number of likely N-dealkylation sites (tertiary alicyclic amines) is 1. The Balaban J connectivity index is 1.44. The van der Waals surface area contributed by atoms with Gasteiger partial charge in [-0.3, -0.25) is 9.78 Å². The third-order valence-corrected chi connectivity index (χ3v) is 5.33. The number of hydrogen-bond donors (Lipinski definition) is 0. The lowest BCUT2D eigenvalue weighted by atomic mass is 10.0. The molecule has 1 amide bonds. The summed E-state index contributed by atoms with van der Waals surface area (Å²) in [5, 5.41) is 0. The molecule has 3 heterocycles. The summed E-state index contributed by atoms with van der Waals surface area (Å²) in [6.07, 6.45) is 7.47. The van der Waals surface area contributed by atoms with Crippen LogP contribution in [0.2, 0.25) is 0 Å². The number of carbonyl (C=O) groups is 1. The van der Waals surface area contributed by atoms with E-state index in [2.05, 4.69) is 21.5 Å². The van der Waals surface area contributed by atoms with Crippen LogP contribution in [0, 0.1) is 12.7 Å². The van der Waals surface area contributed by atoms with Gasteiger partial charge in [0.15, 0.2) is 0 Å². The Kier molecular flexibility index (Phi) is 5.19. The molecule has 4 rings (SSSR count). The molecule has 144 valence electrons. The van der Waals surface area contributed by atoms with E-state index < -0.39 is 0 Å². The highest BCUT2D eigenvalue weighted by molar-refractivity contribution is 5.78. The Morgan fingerprint density at radius 1 is 1.18 bits per heavy atom. The van der Waals surface area contributed by atoms with Crippen molar-refractivity contribution in [1.82, 2.24) is 19.4 Å². The normalized spacial score (nSPS) is 15.0. The van der Waals surface area contributed by atoms with E-state index in [-0.39, 0.29) is 18.1 Å². The summed E-state index contributed by atoms with van der Waals surface area (Å²) in [5.74, 6) is 0.677. The number of pyridine rings is 1. The molecule has 1 aliphatic rings. The lowest BCUT2D eigenvalue weighted by Gasteiger charge is -2.34. The monoisotopic (exact) mass is 378 g/mol. The molecular weight excluding hydrogens is 355 g/mol. The number of nitrogens with zero attached hydrogens (tertiary/aromatic N) is 4. The van der Waals surface area contributed by atoms with Crippen LogP contribution in [0.3, 0.4) is 0 Å². The molecule has 3 aromatic rings. The number of rotatable bonds is 4. The zero-order chi connectivity index (χ0) is 19.5. The predicted octanol–water partition coefficient (Wildman–Crippen LogP) is 3.80.